The second-order valence-corrected chi connectivity index (χ2v) is 10.7. The second kappa shape index (κ2) is 13.9. The van der Waals surface area contributed by atoms with E-state index in [9.17, 15) is 4.79 Å². The SMILES string of the molecule is CNC(=O)COCCOCCN1CCN(c2nc(C)nc3c2CCc2cc(OCc4ccc(C)cc4)ccc2-3)CC1. The van der Waals surface area contributed by atoms with E-state index in [1.807, 2.05) is 6.92 Å². The molecule has 9 heteroatoms. The van der Waals surface area contributed by atoms with Gasteiger partial charge in [0.15, 0.2) is 0 Å². The number of aromatic nitrogens is 2. The van der Waals surface area contributed by atoms with Crippen LogP contribution in [0.25, 0.3) is 11.3 Å². The lowest BCUT2D eigenvalue weighted by molar-refractivity contribution is -0.125. The Labute approximate surface area is 242 Å². The summed E-state index contributed by atoms with van der Waals surface area (Å²) < 4.78 is 17.1. The molecule has 1 aromatic heterocycles. The molecule has 1 amide bonds. The Morgan fingerprint density at radius 2 is 1.71 bits per heavy atom. The van der Waals surface area contributed by atoms with Gasteiger partial charge in [-0.25, -0.2) is 9.97 Å². The van der Waals surface area contributed by atoms with Gasteiger partial charge in [-0.1, -0.05) is 29.8 Å². The summed E-state index contributed by atoms with van der Waals surface area (Å²) in [6, 6.07) is 14.9. The third-order valence-corrected chi connectivity index (χ3v) is 7.71. The minimum Gasteiger partial charge on any atom is -0.489 e. The average molecular weight is 560 g/mol. The van der Waals surface area contributed by atoms with E-state index in [-0.39, 0.29) is 12.5 Å². The first-order chi connectivity index (χ1) is 20.0. The first-order valence-electron chi connectivity index (χ1n) is 14.5. The number of nitrogens with one attached hydrogen (secondary N) is 1. The molecule has 0 saturated carbocycles. The predicted molar refractivity (Wildman–Crippen MR) is 159 cm³/mol. The number of benzene rings is 2. The minimum absolute atomic E-state index is 0.0730. The molecular weight excluding hydrogens is 518 g/mol. The number of nitrogens with zero attached hydrogens (tertiary/aromatic N) is 4. The van der Waals surface area contributed by atoms with Crippen molar-refractivity contribution in [1.29, 1.82) is 0 Å². The van der Waals surface area contributed by atoms with Crippen LogP contribution in [0.2, 0.25) is 0 Å². The molecule has 1 aliphatic carbocycles. The fraction of sp³-hybridized carbons (Fsp3) is 0.469. The van der Waals surface area contributed by atoms with Gasteiger partial charge in [0, 0.05) is 50.9 Å². The Morgan fingerprint density at radius 3 is 2.49 bits per heavy atom. The van der Waals surface area contributed by atoms with E-state index >= 15 is 0 Å². The van der Waals surface area contributed by atoms with Crippen LogP contribution in [0.1, 0.15) is 28.1 Å². The van der Waals surface area contributed by atoms with E-state index in [0.29, 0.717) is 26.4 Å². The second-order valence-electron chi connectivity index (χ2n) is 10.7. The Kier molecular flexibility index (Phi) is 9.82. The topological polar surface area (TPSA) is 89.1 Å². The maximum absolute atomic E-state index is 11.2. The summed E-state index contributed by atoms with van der Waals surface area (Å²) in [5.74, 6) is 2.67. The molecule has 1 saturated heterocycles. The number of carbonyl (C=O) groups is 1. The van der Waals surface area contributed by atoms with Gasteiger partial charge in [0.05, 0.1) is 25.5 Å². The number of hydrogen-bond acceptors (Lipinski definition) is 8. The first kappa shape index (κ1) is 29.0. The fourth-order valence-corrected chi connectivity index (χ4v) is 5.34. The molecule has 0 bridgehead atoms. The highest BCUT2D eigenvalue weighted by atomic mass is 16.5. The van der Waals surface area contributed by atoms with Crippen LogP contribution in [0.3, 0.4) is 0 Å². The van der Waals surface area contributed by atoms with Crippen molar-refractivity contribution in [3.63, 3.8) is 0 Å². The van der Waals surface area contributed by atoms with Crippen LogP contribution >= 0.6 is 0 Å². The van der Waals surface area contributed by atoms with Gasteiger partial charge < -0.3 is 24.4 Å². The van der Waals surface area contributed by atoms with Crippen LogP contribution in [0.15, 0.2) is 42.5 Å². The Balaban J connectivity index is 1.15. The zero-order valence-corrected chi connectivity index (χ0v) is 24.4. The number of carbonyl (C=O) groups excluding carboxylic acids is 1. The molecule has 1 aliphatic heterocycles. The molecule has 2 aromatic carbocycles. The molecule has 218 valence electrons. The van der Waals surface area contributed by atoms with E-state index in [0.717, 1.165) is 68.7 Å². The third-order valence-electron chi connectivity index (χ3n) is 7.71. The number of aryl methyl sites for hydroxylation is 3. The van der Waals surface area contributed by atoms with Crippen molar-refractivity contribution in [2.24, 2.45) is 0 Å². The van der Waals surface area contributed by atoms with E-state index in [1.165, 1.54) is 27.8 Å². The summed E-state index contributed by atoms with van der Waals surface area (Å²) in [7, 11) is 1.60. The van der Waals surface area contributed by atoms with E-state index < -0.39 is 0 Å². The van der Waals surface area contributed by atoms with E-state index in [2.05, 4.69) is 64.5 Å². The Morgan fingerprint density at radius 1 is 0.927 bits per heavy atom. The van der Waals surface area contributed by atoms with Crippen LogP contribution in [-0.2, 0) is 33.7 Å². The number of ether oxygens (including phenoxy) is 3. The summed E-state index contributed by atoms with van der Waals surface area (Å²) in [5.41, 5.74) is 7.22. The van der Waals surface area contributed by atoms with Gasteiger partial charge in [0.2, 0.25) is 5.91 Å². The molecule has 2 aliphatic rings. The summed E-state index contributed by atoms with van der Waals surface area (Å²) in [5, 5.41) is 2.53. The number of piperazine rings is 1. The molecule has 9 nitrogen and oxygen atoms in total. The molecule has 0 atom stereocenters. The summed E-state index contributed by atoms with van der Waals surface area (Å²) in [6.45, 7) is 10.9. The fourth-order valence-electron chi connectivity index (χ4n) is 5.34. The highest BCUT2D eigenvalue weighted by molar-refractivity contribution is 5.76. The maximum atomic E-state index is 11.2. The highest BCUT2D eigenvalue weighted by Crippen LogP contribution is 2.38. The van der Waals surface area contributed by atoms with Crippen LogP contribution in [-0.4, -0.2) is 87.0 Å². The summed E-state index contributed by atoms with van der Waals surface area (Å²) in [4.78, 5) is 25.8. The van der Waals surface area contributed by atoms with Crippen molar-refractivity contribution in [3.05, 3.63) is 70.5 Å². The van der Waals surface area contributed by atoms with Gasteiger partial charge in [-0.3, -0.25) is 9.69 Å². The van der Waals surface area contributed by atoms with E-state index in [4.69, 9.17) is 24.2 Å². The first-order valence-corrected chi connectivity index (χ1v) is 14.5. The van der Waals surface area contributed by atoms with Gasteiger partial charge in [-0.2, -0.15) is 0 Å². The summed E-state index contributed by atoms with van der Waals surface area (Å²) >= 11 is 0. The van der Waals surface area contributed by atoms with Crippen LogP contribution in [0.4, 0.5) is 5.82 Å². The lowest BCUT2D eigenvalue weighted by Gasteiger charge is -2.37. The third kappa shape index (κ3) is 7.61. The number of hydrogen-bond donors (Lipinski definition) is 1. The largest absolute Gasteiger partial charge is 0.489 e. The van der Waals surface area contributed by atoms with Gasteiger partial charge in [0.1, 0.15) is 30.6 Å². The summed E-state index contributed by atoms with van der Waals surface area (Å²) in [6.07, 6.45) is 1.88. The standard InChI is InChI=1S/C32H41N5O4/c1-23-4-6-25(7-5-23)21-41-27-9-11-28-26(20-27)8-10-29-31(28)34-24(2)35-32(29)37-14-12-36(13-15-37)16-17-39-18-19-40-22-30(38)33-3/h4-7,9,11,20H,8,10,12-19,21-22H2,1-3H3,(H,33,38). The number of fused-ring (bicyclic) bond motifs is 3. The van der Waals surface area contributed by atoms with Crippen molar-refractivity contribution in [2.75, 3.05) is 71.1 Å². The van der Waals surface area contributed by atoms with Crippen LogP contribution < -0.4 is 15.0 Å². The quantitative estimate of drug-likeness (QED) is 0.338. The zero-order valence-electron chi connectivity index (χ0n) is 24.4. The van der Waals surface area contributed by atoms with Crippen molar-refractivity contribution >= 4 is 11.7 Å². The molecule has 1 fully saturated rings. The van der Waals surface area contributed by atoms with Gasteiger partial charge in [-0.05, 0) is 56.0 Å². The lowest BCUT2D eigenvalue weighted by Crippen LogP contribution is -2.48. The maximum Gasteiger partial charge on any atom is 0.245 e. The van der Waals surface area contributed by atoms with Gasteiger partial charge >= 0.3 is 0 Å². The number of anilines is 1. The van der Waals surface area contributed by atoms with E-state index in [1.54, 1.807) is 7.05 Å². The van der Waals surface area contributed by atoms with Crippen molar-refractivity contribution in [1.82, 2.24) is 20.2 Å². The van der Waals surface area contributed by atoms with Crippen LogP contribution in [0.5, 0.6) is 5.75 Å². The predicted octanol–water partition coefficient (Wildman–Crippen LogP) is 3.34. The molecule has 0 radical (unpaired) electrons. The molecular formula is C32H41N5O4. The normalized spacial score (nSPS) is 14.9. The molecule has 41 heavy (non-hydrogen) atoms. The van der Waals surface area contributed by atoms with Crippen molar-refractivity contribution in [3.8, 4) is 17.0 Å². The molecule has 2 heterocycles. The Hall–Kier alpha value is -3.53. The average Bonchev–Trinajstić information content (AvgIpc) is 2.99. The highest BCUT2D eigenvalue weighted by Gasteiger charge is 2.27. The molecule has 0 unspecified atom stereocenters. The monoisotopic (exact) mass is 559 g/mol. The molecule has 0 spiro atoms. The van der Waals surface area contributed by atoms with Crippen LogP contribution in [0, 0.1) is 13.8 Å². The van der Waals surface area contributed by atoms with Crippen molar-refractivity contribution in [2.45, 2.75) is 33.3 Å². The minimum atomic E-state index is -0.125. The molecule has 3 aromatic rings. The lowest BCUT2D eigenvalue weighted by atomic mass is 9.88. The Bertz CT molecular complexity index is 1320. The molecule has 5 rings (SSSR count). The smallest absolute Gasteiger partial charge is 0.245 e. The number of likely N-dealkylation sites (N-methyl/N-ethyl adjacent to an activating group) is 1. The van der Waals surface area contributed by atoms with Gasteiger partial charge in [-0.15, -0.1) is 0 Å². The van der Waals surface area contributed by atoms with Crippen molar-refractivity contribution < 1.29 is 19.0 Å². The number of rotatable bonds is 12. The molecule has 1 N–H and O–H groups in total. The van der Waals surface area contributed by atoms with Gasteiger partial charge in [0.25, 0.3) is 0 Å². The number of amides is 1. The zero-order chi connectivity index (χ0) is 28.6.